The Morgan fingerprint density at radius 1 is 0.833 bits per heavy atom. The molecule has 2 aromatic rings. The first-order valence-corrected chi connectivity index (χ1v) is 13.5. The van der Waals surface area contributed by atoms with E-state index in [-0.39, 0.29) is 36.8 Å². The van der Waals surface area contributed by atoms with Crippen molar-refractivity contribution in [3.05, 3.63) is 70.5 Å². The number of likely N-dealkylation sites (tertiary alicyclic amines) is 1. The van der Waals surface area contributed by atoms with E-state index >= 15 is 0 Å². The fourth-order valence-corrected chi connectivity index (χ4v) is 5.87. The molecule has 0 N–H and O–H groups in total. The normalized spacial score (nSPS) is 20.6. The molecule has 1 saturated carbocycles. The third-order valence-electron chi connectivity index (χ3n) is 8.45. The van der Waals surface area contributed by atoms with Gasteiger partial charge in [0.1, 0.15) is 11.6 Å². The lowest BCUT2D eigenvalue weighted by Crippen LogP contribution is -2.49. The van der Waals surface area contributed by atoms with Gasteiger partial charge in [0, 0.05) is 44.8 Å². The number of halogens is 7. The highest BCUT2D eigenvalue weighted by atomic mass is 19.4. The van der Waals surface area contributed by atoms with Crippen LogP contribution in [0, 0.1) is 11.7 Å². The summed E-state index contributed by atoms with van der Waals surface area (Å²) >= 11 is 0. The second kappa shape index (κ2) is 11.3. The SMILES string of the molecule is CN(C(=O)C(C)(C)c1cc(C(F)(F)F)cc(C(F)(F)F)c1)[C@@H]1CN(C(=O)C2CCC(=O)CC2)C[C@H]1c1ccc(F)cc1. The summed E-state index contributed by atoms with van der Waals surface area (Å²) in [5.41, 5.74) is -4.71. The highest BCUT2D eigenvalue weighted by molar-refractivity contribution is 5.88. The van der Waals surface area contributed by atoms with Gasteiger partial charge in [0.25, 0.3) is 0 Å². The molecule has 1 saturated heterocycles. The predicted molar refractivity (Wildman–Crippen MR) is 139 cm³/mol. The largest absolute Gasteiger partial charge is 0.416 e. The lowest BCUT2D eigenvalue weighted by Gasteiger charge is -2.36. The van der Waals surface area contributed by atoms with E-state index in [0.29, 0.717) is 43.4 Å². The van der Waals surface area contributed by atoms with Crippen molar-refractivity contribution in [1.82, 2.24) is 9.80 Å². The summed E-state index contributed by atoms with van der Waals surface area (Å²) in [5, 5.41) is 0. The van der Waals surface area contributed by atoms with Crippen molar-refractivity contribution in [2.45, 2.75) is 69.3 Å². The molecule has 0 unspecified atom stereocenters. The Morgan fingerprint density at radius 2 is 1.33 bits per heavy atom. The van der Waals surface area contributed by atoms with E-state index < -0.39 is 58.1 Å². The van der Waals surface area contributed by atoms with E-state index in [1.165, 1.54) is 50.1 Å². The van der Waals surface area contributed by atoms with Crippen LogP contribution in [0.15, 0.2) is 42.5 Å². The van der Waals surface area contributed by atoms with Gasteiger partial charge in [-0.1, -0.05) is 12.1 Å². The van der Waals surface area contributed by atoms with Crippen LogP contribution < -0.4 is 0 Å². The Kier molecular flexibility index (Phi) is 8.50. The number of alkyl halides is 6. The van der Waals surface area contributed by atoms with E-state index in [2.05, 4.69) is 0 Å². The van der Waals surface area contributed by atoms with Crippen LogP contribution in [0.4, 0.5) is 30.7 Å². The summed E-state index contributed by atoms with van der Waals surface area (Å²) in [4.78, 5) is 41.8. The molecule has 42 heavy (non-hydrogen) atoms. The molecule has 2 aromatic carbocycles. The van der Waals surface area contributed by atoms with Crippen molar-refractivity contribution in [2.24, 2.45) is 5.92 Å². The van der Waals surface area contributed by atoms with E-state index in [4.69, 9.17) is 0 Å². The summed E-state index contributed by atoms with van der Waals surface area (Å²) in [7, 11) is 1.40. The first kappa shape index (κ1) is 31.5. The van der Waals surface area contributed by atoms with Crippen LogP contribution in [0.2, 0.25) is 0 Å². The molecule has 1 heterocycles. The molecule has 0 radical (unpaired) electrons. The number of likely N-dealkylation sites (N-methyl/N-ethyl adjacent to an activating group) is 1. The molecular formula is C30H31F7N2O3. The maximum absolute atomic E-state index is 13.9. The molecule has 2 atom stereocenters. The number of Topliss-reactive ketones (excluding diaryl/α,β-unsaturated/α-hetero) is 1. The maximum atomic E-state index is 13.9. The van der Waals surface area contributed by atoms with Gasteiger partial charge in [-0.15, -0.1) is 0 Å². The van der Waals surface area contributed by atoms with Gasteiger partial charge in [-0.25, -0.2) is 4.39 Å². The minimum Gasteiger partial charge on any atom is -0.340 e. The Morgan fingerprint density at radius 3 is 1.83 bits per heavy atom. The Balaban J connectivity index is 1.67. The highest BCUT2D eigenvalue weighted by Crippen LogP contribution is 2.41. The number of benzene rings is 2. The molecular weight excluding hydrogens is 569 g/mol. The molecule has 2 fully saturated rings. The Bertz CT molecular complexity index is 1310. The van der Waals surface area contributed by atoms with E-state index in [0.717, 1.165) is 0 Å². The molecule has 0 bridgehead atoms. The highest BCUT2D eigenvalue weighted by Gasteiger charge is 2.46. The van der Waals surface area contributed by atoms with Crippen molar-refractivity contribution in [1.29, 1.82) is 0 Å². The summed E-state index contributed by atoms with van der Waals surface area (Å²) in [6.45, 7) is 2.73. The minimum absolute atomic E-state index is 0.0115. The number of carbonyl (C=O) groups is 3. The Hall–Kier alpha value is -3.44. The van der Waals surface area contributed by atoms with Crippen molar-refractivity contribution in [3.63, 3.8) is 0 Å². The van der Waals surface area contributed by atoms with Crippen LogP contribution in [0.1, 0.15) is 67.7 Å². The topological polar surface area (TPSA) is 57.7 Å². The van der Waals surface area contributed by atoms with Crippen molar-refractivity contribution in [3.8, 4) is 0 Å². The Labute approximate surface area is 238 Å². The van der Waals surface area contributed by atoms with E-state index in [1.54, 1.807) is 4.90 Å². The van der Waals surface area contributed by atoms with Gasteiger partial charge in [-0.3, -0.25) is 14.4 Å². The summed E-state index contributed by atoms with van der Waals surface area (Å²) in [5.74, 6) is -2.23. The van der Waals surface area contributed by atoms with Gasteiger partial charge in [0.2, 0.25) is 11.8 Å². The van der Waals surface area contributed by atoms with Crippen LogP contribution in [-0.2, 0) is 32.2 Å². The summed E-state index contributed by atoms with van der Waals surface area (Å²) in [6.07, 6.45) is -8.77. The number of nitrogens with zero attached hydrogens (tertiary/aromatic N) is 2. The van der Waals surface area contributed by atoms with Gasteiger partial charge in [0.15, 0.2) is 0 Å². The summed E-state index contributed by atoms with van der Waals surface area (Å²) < 4.78 is 95.0. The monoisotopic (exact) mass is 600 g/mol. The van der Waals surface area contributed by atoms with Gasteiger partial charge >= 0.3 is 12.4 Å². The zero-order valence-electron chi connectivity index (χ0n) is 23.3. The van der Waals surface area contributed by atoms with Gasteiger partial charge in [-0.2, -0.15) is 26.3 Å². The molecule has 2 amide bonds. The fourth-order valence-electron chi connectivity index (χ4n) is 5.87. The van der Waals surface area contributed by atoms with Crippen molar-refractivity contribution < 1.29 is 45.1 Å². The molecule has 5 nitrogen and oxygen atoms in total. The molecule has 0 spiro atoms. The zero-order valence-corrected chi connectivity index (χ0v) is 23.3. The van der Waals surface area contributed by atoms with Gasteiger partial charge in [0.05, 0.1) is 22.6 Å². The number of hydrogen-bond donors (Lipinski definition) is 0. The third-order valence-corrected chi connectivity index (χ3v) is 8.45. The number of rotatable bonds is 5. The molecule has 4 rings (SSSR count). The number of carbonyl (C=O) groups excluding carboxylic acids is 3. The van der Waals surface area contributed by atoms with Crippen LogP contribution in [0.3, 0.4) is 0 Å². The molecule has 1 aliphatic heterocycles. The quantitative estimate of drug-likeness (QED) is 0.376. The van der Waals surface area contributed by atoms with Crippen LogP contribution in [0.5, 0.6) is 0 Å². The fraction of sp³-hybridized carbons (Fsp3) is 0.500. The first-order chi connectivity index (χ1) is 19.4. The number of hydrogen-bond acceptors (Lipinski definition) is 3. The minimum atomic E-state index is -5.08. The van der Waals surface area contributed by atoms with E-state index in [9.17, 15) is 45.1 Å². The van der Waals surface area contributed by atoms with Crippen LogP contribution in [0.25, 0.3) is 0 Å². The van der Waals surface area contributed by atoms with Gasteiger partial charge < -0.3 is 9.80 Å². The molecule has 12 heteroatoms. The van der Waals surface area contributed by atoms with E-state index in [1.807, 2.05) is 0 Å². The molecule has 2 aliphatic rings. The second-order valence-electron chi connectivity index (χ2n) is 11.6. The summed E-state index contributed by atoms with van der Waals surface area (Å²) in [6, 6.07) is 5.91. The predicted octanol–water partition coefficient (Wildman–Crippen LogP) is 6.35. The average Bonchev–Trinajstić information content (AvgIpc) is 3.37. The van der Waals surface area contributed by atoms with Crippen molar-refractivity contribution >= 4 is 17.6 Å². The standard InChI is InChI=1S/C30H31F7N2O3/c1-28(2,19-12-20(29(32,33)34)14-21(13-19)30(35,36)37)27(42)38(3)25-16-39(26(41)18-6-10-23(40)11-7-18)15-24(25)17-4-8-22(31)9-5-17/h4-5,8-9,12-14,18,24-25H,6-7,10-11,15-16H2,1-3H3/t24-,25+/m0/s1. The molecule has 1 aliphatic carbocycles. The lowest BCUT2D eigenvalue weighted by atomic mass is 9.80. The van der Waals surface area contributed by atoms with Gasteiger partial charge in [-0.05, 0) is 68.1 Å². The van der Waals surface area contributed by atoms with Crippen LogP contribution in [-0.4, -0.2) is 53.6 Å². The molecule has 228 valence electrons. The smallest absolute Gasteiger partial charge is 0.340 e. The van der Waals surface area contributed by atoms with Crippen LogP contribution >= 0.6 is 0 Å². The number of ketones is 1. The zero-order chi connectivity index (χ0) is 31.2. The third kappa shape index (κ3) is 6.47. The lowest BCUT2D eigenvalue weighted by molar-refractivity contribution is -0.144. The first-order valence-electron chi connectivity index (χ1n) is 13.5. The second-order valence-corrected chi connectivity index (χ2v) is 11.6. The maximum Gasteiger partial charge on any atom is 0.416 e. The molecule has 0 aromatic heterocycles. The number of amides is 2. The van der Waals surface area contributed by atoms with Crippen molar-refractivity contribution in [2.75, 3.05) is 20.1 Å². The average molecular weight is 601 g/mol.